The fraction of sp³-hybridized carbons (Fsp3) is 0.533. The highest BCUT2D eigenvalue weighted by molar-refractivity contribution is 5.86. The molecule has 0 spiro atoms. The van der Waals surface area contributed by atoms with Crippen molar-refractivity contribution in [2.45, 2.75) is 44.9 Å². The van der Waals surface area contributed by atoms with E-state index in [1.807, 2.05) is 30.3 Å². The molecule has 1 aromatic carbocycles. The summed E-state index contributed by atoms with van der Waals surface area (Å²) in [5, 5.41) is 3.41. The third kappa shape index (κ3) is 1.83. The van der Waals surface area contributed by atoms with E-state index in [9.17, 15) is 4.79 Å². The van der Waals surface area contributed by atoms with Crippen LogP contribution in [0.1, 0.15) is 38.3 Å². The van der Waals surface area contributed by atoms with Crippen molar-refractivity contribution in [3.63, 3.8) is 0 Å². The third-order valence-electron chi connectivity index (χ3n) is 4.23. The minimum atomic E-state index is -0.153. The van der Waals surface area contributed by atoms with Crippen LogP contribution >= 0.6 is 0 Å². The van der Waals surface area contributed by atoms with E-state index in [0.717, 1.165) is 5.56 Å². The molecule has 1 saturated heterocycles. The summed E-state index contributed by atoms with van der Waals surface area (Å²) in [5.41, 5.74) is 1.07. The van der Waals surface area contributed by atoms with Crippen LogP contribution in [0.5, 0.6) is 0 Å². The summed E-state index contributed by atoms with van der Waals surface area (Å²) in [5.74, 6) is 0.961. The minimum Gasteiger partial charge on any atom is -0.322 e. The van der Waals surface area contributed by atoms with Crippen LogP contribution in [0.25, 0.3) is 0 Å². The highest BCUT2D eigenvalue weighted by Crippen LogP contribution is 2.42. The Morgan fingerprint density at radius 2 is 2.06 bits per heavy atom. The molecule has 1 saturated carbocycles. The number of nitrogens with one attached hydrogen (secondary N) is 1. The van der Waals surface area contributed by atoms with Gasteiger partial charge in [0.25, 0.3) is 0 Å². The van der Waals surface area contributed by atoms with Crippen LogP contribution in [0.2, 0.25) is 0 Å². The monoisotopic (exact) mass is 244 g/mol. The highest BCUT2D eigenvalue weighted by atomic mass is 16.2. The second-order valence-electron chi connectivity index (χ2n) is 5.40. The SMILES string of the molecule is CCC1CC1N1C(=O)C(c2ccccc2)NC1C. The Morgan fingerprint density at radius 1 is 1.33 bits per heavy atom. The summed E-state index contributed by atoms with van der Waals surface area (Å²) in [7, 11) is 0. The maximum Gasteiger partial charge on any atom is 0.245 e. The van der Waals surface area contributed by atoms with Crippen molar-refractivity contribution in [1.82, 2.24) is 10.2 Å². The second kappa shape index (κ2) is 4.39. The third-order valence-corrected chi connectivity index (χ3v) is 4.23. The molecule has 1 amide bonds. The van der Waals surface area contributed by atoms with Gasteiger partial charge >= 0.3 is 0 Å². The zero-order valence-corrected chi connectivity index (χ0v) is 11.0. The van der Waals surface area contributed by atoms with Crippen LogP contribution in [0, 0.1) is 5.92 Å². The molecule has 1 aromatic rings. The van der Waals surface area contributed by atoms with Crippen molar-refractivity contribution < 1.29 is 4.79 Å². The molecule has 1 heterocycles. The normalized spacial score (nSPS) is 35.0. The topological polar surface area (TPSA) is 32.3 Å². The molecule has 18 heavy (non-hydrogen) atoms. The fourth-order valence-corrected chi connectivity index (χ4v) is 3.08. The van der Waals surface area contributed by atoms with E-state index in [1.165, 1.54) is 12.8 Å². The van der Waals surface area contributed by atoms with Gasteiger partial charge in [-0.05, 0) is 24.8 Å². The van der Waals surface area contributed by atoms with Crippen LogP contribution in [-0.4, -0.2) is 23.0 Å². The van der Waals surface area contributed by atoms with Gasteiger partial charge in [0.05, 0.1) is 6.17 Å². The molecule has 4 unspecified atom stereocenters. The maximum absolute atomic E-state index is 12.5. The smallest absolute Gasteiger partial charge is 0.245 e. The molecule has 3 nitrogen and oxygen atoms in total. The molecule has 4 atom stereocenters. The van der Waals surface area contributed by atoms with E-state index in [-0.39, 0.29) is 18.1 Å². The lowest BCUT2D eigenvalue weighted by molar-refractivity contribution is -0.130. The van der Waals surface area contributed by atoms with Gasteiger partial charge in [-0.1, -0.05) is 43.7 Å². The summed E-state index contributed by atoms with van der Waals surface area (Å²) < 4.78 is 0. The van der Waals surface area contributed by atoms with Gasteiger partial charge in [0.1, 0.15) is 6.04 Å². The van der Waals surface area contributed by atoms with Crippen molar-refractivity contribution >= 4 is 5.91 Å². The summed E-state index contributed by atoms with van der Waals surface area (Å²) in [4.78, 5) is 14.6. The molecule has 0 bridgehead atoms. The Labute approximate surface area is 108 Å². The molecule has 0 radical (unpaired) electrons. The molecule has 1 N–H and O–H groups in total. The van der Waals surface area contributed by atoms with E-state index in [4.69, 9.17) is 0 Å². The van der Waals surface area contributed by atoms with Gasteiger partial charge in [-0.15, -0.1) is 0 Å². The largest absolute Gasteiger partial charge is 0.322 e. The molecule has 3 heteroatoms. The van der Waals surface area contributed by atoms with Gasteiger partial charge < -0.3 is 4.90 Å². The summed E-state index contributed by atoms with van der Waals surface area (Å²) in [6, 6.07) is 10.3. The predicted molar refractivity (Wildman–Crippen MR) is 70.8 cm³/mol. The standard InChI is InChI=1S/C15H20N2O/c1-3-11-9-13(11)17-10(2)16-14(15(17)18)12-7-5-4-6-8-12/h4-8,10-11,13-14,16H,3,9H2,1-2H3. The average molecular weight is 244 g/mol. The number of nitrogens with zero attached hydrogens (tertiary/aromatic N) is 1. The number of amides is 1. The molecule has 3 rings (SSSR count). The van der Waals surface area contributed by atoms with Crippen molar-refractivity contribution in [2.75, 3.05) is 0 Å². The van der Waals surface area contributed by atoms with E-state index >= 15 is 0 Å². The van der Waals surface area contributed by atoms with E-state index in [1.54, 1.807) is 0 Å². The molecule has 2 fully saturated rings. The average Bonchev–Trinajstić information content (AvgIpc) is 3.10. The first-order chi connectivity index (χ1) is 8.72. The zero-order valence-electron chi connectivity index (χ0n) is 11.0. The summed E-state index contributed by atoms with van der Waals surface area (Å²) in [6.45, 7) is 4.30. The van der Waals surface area contributed by atoms with Crippen LogP contribution in [-0.2, 0) is 4.79 Å². The first-order valence-electron chi connectivity index (χ1n) is 6.85. The number of hydrogen-bond acceptors (Lipinski definition) is 2. The lowest BCUT2D eigenvalue weighted by Gasteiger charge is -2.21. The first-order valence-corrected chi connectivity index (χ1v) is 6.85. The highest BCUT2D eigenvalue weighted by Gasteiger charge is 2.49. The lowest BCUT2D eigenvalue weighted by Crippen LogP contribution is -2.37. The van der Waals surface area contributed by atoms with Gasteiger partial charge in [0.15, 0.2) is 0 Å². The zero-order chi connectivity index (χ0) is 12.7. The minimum absolute atomic E-state index is 0.153. The van der Waals surface area contributed by atoms with Gasteiger partial charge in [-0.3, -0.25) is 10.1 Å². The number of carbonyl (C=O) groups is 1. The Kier molecular flexibility index (Phi) is 2.86. The summed E-state index contributed by atoms with van der Waals surface area (Å²) in [6.07, 6.45) is 2.51. The van der Waals surface area contributed by atoms with Crippen LogP contribution < -0.4 is 5.32 Å². The van der Waals surface area contributed by atoms with Gasteiger partial charge in [-0.25, -0.2) is 0 Å². The van der Waals surface area contributed by atoms with Crippen molar-refractivity contribution in [1.29, 1.82) is 0 Å². The lowest BCUT2D eigenvalue weighted by atomic mass is 10.1. The molecular weight excluding hydrogens is 224 g/mol. The Bertz CT molecular complexity index is 445. The molecular formula is C15H20N2O. The first kappa shape index (κ1) is 11.7. The Morgan fingerprint density at radius 3 is 2.67 bits per heavy atom. The molecule has 1 aliphatic carbocycles. The molecule has 0 aromatic heterocycles. The Hall–Kier alpha value is -1.35. The van der Waals surface area contributed by atoms with Crippen molar-refractivity contribution in [3.05, 3.63) is 35.9 Å². The van der Waals surface area contributed by atoms with Gasteiger partial charge in [0, 0.05) is 6.04 Å². The molecule has 96 valence electrons. The molecule has 2 aliphatic rings. The number of carbonyl (C=O) groups excluding carboxylic acids is 1. The van der Waals surface area contributed by atoms with Crippen molar-refractivity contribution in [2.24, 2.45) is 5.92 Å². The number of rotatable bonds is 3. The van der Waals surface area contributed by atoms with Crippen LogP contribution in [0.15, 0.2) is 30.3 Å². The number of benzene rings is 1. The summed E-state index contributed by atoms with van der Waals surface area (Å²) >= 11 is 0. The number of hydrogen-bond donors (Lipinski definition) is 1. The fourth-order valence-electron chi connectivity index (χ4n) is 3.08. The van der Waals surface area contributed by atoms with Gasteiger partial charge in [0.2, 0.25) is 5.91 Å². The van der Waals surface area contributed by atoms with E-state index in [0.29, 0.717) is 12.0 Å². The predicted octanol–water partition coefficient (Wildman–Crippen LogP) is 2.30. The van der Waals surface area contributed by atoms with Crippen LogP contribution in [0.3, 0.4) is 0 Å². The quantitative estimate of drug-likeness (QED) is 0.885. The molecule has 1 aliphatic heterocycles. The van der Waals surface area contributed by atoms with Crippen LogP contribution in [0.4, 0.5) is 0 Å². The van der Waals surface area contributed by atoms with E-state index in [2.05, 4.69) is 24.1 Å². The second-order valence-corrected chi connectivity index (χ2v) is 5.40. The van der Waals surface area contributed by atoms with E-state index < -0.39 is 0 Å². The Balaban J connectivity index is 1.79. The van der Waals surface area contributed by atoms with Gasteiger partial charge in [-0.2, -0.15) is 0 Å². The maximum atomic E-state index is 12.5. The van der Waals surface area contributed by atoms with Crippen molar-refractivity contribution in [3.8, 4) is 0 Å².